The van der Waals surface area contributed by atoms with Crippen LogP contribution in [0.3, 0.4) is 0 Å². The van der Waals surface area contributed by atoms with Crippen LogP contribution in [0.5, 0.6) is 5.75 Å². The Morgan fingerprint density at radius 3 is 2.58 bits per heavy atom. The number of methoxy groups -OCH3 is 1. The zero-order valence-electron chi connectivity index (χ0n) is 12.1. The van der Waals surface area contributed by atoms with E-state index in [1.807, 2.05) is 6.07 Å². The first-order valence-corrected chi connectivity index (χ1v) is 6.86. The zero-order chi connectivity index (χ0) is 13.8. The summed E-state index contributed by atoms with van der Waals surface area (Å²) in [7, 11) is 1.68. The van der Waals surface area contributed by atoms with Gasteiger partial charge in [-0.3, -0.25) is 4.90 Å². The van der Waals surface area contributed by atoms with Crippen LogP contribution in [0.2, 0.25) is 0 Å². The van der Waals surface area contributed by atoms with Crippen molar-refractivity contribution in [3.63, 3.8) is 0 Å². The van der Waals surface area contributed by atoms with E-state index in [9.17, 15) is 0 Å². The van der Waals surface area contributed by atoms with E-state index in [2.05, 4.69) is 30.9 Å². The van der Waals surface area contributed by atoms with Gasteiger partial charge in [-0.1, -0.05) is 6.07 Å². The van der Waals surface area contributed by atoms with Crippen LogP contribution in [0, 0.1) is 0 Å². The van der Waals surface area contributed by atoms with E-state index in [0.717, 1.165) is 30.9 Å². The highest BCUT2D eigenvalue weighted by atomic mass is 16.5. The number of rotatable bonds is 4. The molecule has 1 fully saturated rings. The summed E-state index contributed by atoms with van der Waals surface area (Å²) in [6, 6.07) is 6.26. The van der Waals surface area contributed by atoms with Crippen molar-refractivity contribution in [3.8, 4) is 5.75 Å². The van der Waals surface area contributed by atoms with Gasteiger partial charge in [0, 0.05) is 31.7 Å². The lowest BCUT2D eigenvalue weighted by Crippen LogP contribution is -2.44. The SMILES string of the molecule is COc1ccc(CN2C[C@@H](C)O[C@@H](C)C2)cc1CN. The fraction of sp³-hybridized carbons (Fsp3) is 0.600. The van der Waals surface area contributed by atoms with Gasteiger partial charge in [-0.2, -0.15) is 0 Å². The second-order valence-corrected chi connectivity index (χ2v) is 5.30. The topological polar surface area (TPSA) is 47.7 Å². The van der Waals surface area contributed by atoms with Crippen LogP contribution in [-0.2, 0) is 17.8 Å². The Morgan fingerprint density at radius 1 is 1.32 bits per heavy atom. The molecule has 4 heteroatoms. The molecule has 1 aliphatic rings. The second kappa shape index (κ2) is 6.37. The molecule has 1 heterocycles. The maximum absolute atomic E-state index is 5.76. The molecule has 0 saturated carbocycles. The number of benzene rings is 1. The largest absolute Gasteiger partial charge is 0.496 e. The molecule has 1 aromatic rings. The third-order valence-corrected chi connectivity index (χ3v) is 3.47. The minimum absolute atomic E-state index is 0.302. The lowest BCUT2D eigenvalue weighted by Gasteiger charge is -2.35. The van der Waals surface area contributed by atoms with Crippen molar-refractivity contribution in [2.24, 2.45) is 5.73 Å². The van der Waals surface area contributed by atoms with Crippen LogP contribution < -0.4 is 10.5 Å². The monoisotopic (exact) mass is 264 g/mol. The molecule has 0 radical (unpaired) electrons. The number of hydrogen-bond donors (Lipinski definition) is 1. The molecule has 0 aliphatic carbocycles. The predicted octanol–water partition coefficient (Wildman–Crippen LogP) is 1.76. The van der Waals surface area contributed by atoms with Crippen LogP contribution >= 0.6 is 0 Å². The van der Waals surface area contributed by atoms with E-state index in [4.69, 9.17) is 15.2 Å². The molecule has 2 rings (SSSR count). The van der Waals surface area contributed by atoms with Crippen molar-refractivity contribution < 1.29 is 9.47 Å². The third-order valence-electron chi connectivity index (χ3n) is 3.47. The summed E-state index contributed by atoms with van der Waals surface area (Å²) >= 11 is 0. The molecule has 2 N–H and O–H groups in total. The first-order chi connectivity index (χ1) is 9.12. The molecule has 4 nitrogen and oxygen atoms in total. The van der Waals surface area contributed by atoms with Crippen molar-refractivity contribution in [1.29, 1.82) is 0 Å². The lowest BCUT2D eigenvalue weighted by atomic mass is 10.1. The minimum atomic E-state index is 0.302. The molecule has 0 bridgehead atoms. The average molecular weight is 264 g/mol. The highest BCUT2D eigenvalue weighted by molar-refractivity contribution is 5.37. The molecule has 0 unspecified atom stereocenters. The number of nitrogens with zero attached hydrogens (tertiary/aromatic N) is 1. The molecular weight excluding hydrogens is 240 g/mol. The molecule has 1 aromatic carbocycles. The maximum atomic E-state index is 5.76. The summed E-state index contributed by atoms with van der Waals surface area (Å²) in [5, 5.41) is 0. The van der Waals surface area contributed by atoms with Gasteiger partial charge in [0.25, 0.3) is 0 Å². The molecular formula is C15H24N2O2. The average Bonchev–Trinajstić information content (AvgIpc) is 2.37. The van der Waals surface area contributed by atoms with Crippen LogP contribution in [0.25, 0.3) is 0 Å². The third kappa shape index (κ3) is 3.69. The maximum Gasteiger partial charge on any atom is 0.123 e. The normalized spacial score (nSPS) is 24.4. The lowest BCUT2D eigenvalue weighted by molar-refractivity contribution is -0.0704. The number of hydrogen-bond acceptors (Lipinski definition) is 4. The fourth-order valence-electron chi connectivity index (χ4n) is 2.76. The van der Waals surface area contributed by atoms with Gasteiger partial charge in [0.15, 0.2) is 0 Å². The van der Waals surface area contributed by atoms with Crippen molar-refractivity contribution in [3.05, 3.63) is 29.3 Å². The van der Waals surface area contributed by atoms with Crippen LogP contribution in [0.4, 0.5) is 0 Å². The number of nitrogens with two attached hydrogens (primary N) is 1. The van der Waals surface area contributed by atoms with Crippen molar-refractivity contribution in [1.82, 2.24) is 4.90 Å². The molecule has 106 valence electrons. The first-order valence-electron chi connectivity index (χ1n) is 6.86. The first kappa shape index (κ1) is 14.3. The fourth-order valence-corrected chi connectivity index (χ4v) is 2.76. The van der Waals surface area contributed by atoms with E-state index >= 15 is 0 Å². The van der Waals surface area contributed by atoms with Crippen molar-refractivity contribution in [2.45, 2.75) is 39.1 Å². The highest BCUT2D eigenvalue weighted by Crippen LogP contribution is 2.21. The summed E-state index contributed by atoms with van der Waals surface area (Å²) in [4.78, 5) is 2.43. The van der Waals surface area contributed by atoms with Crippen molar-refractivity contribution in [2.75, 3.05) is 20.2 Å². The van der Waals surface area contributed by atoms with Crippen LogP contribution in [0.1, 0.15) is 25.0 Å². The van der Waals surface area contributed by atoms with E-state index in [1.54, 1.807) is 7.11 Å². The summed E-state index contributed by atoms with van der Waals surface area (Å²) in [6.07, 6.45) is 0.604. The van der Waals surface area contributed by atoms with Crippen LogP contribution in [-0.4, -0.2) is 37.3 Å². The molecule has 0 spiro atoms. The summed E-state index contributed by atoms with van der Waals surface area (Å²) in [5.41, 5.74) is 8.10. The van der Waals surface area contributed by atoms with E-state index < -0.39 is 0 Å². The Morgan fingerprint density at radius 2 is 2.00 bits per heavy atom. The van der Waals surface area contributed by atoms with E-state index in [0.29, 0.717) is 18.8 Å². The number of morpholine rings is 1. The Balaban J connectivity index is 2.06. The standard InChI is InChI=1S/C15H24N2O2/c1-11-8-17(9-12(2)19-11)10-13-4-5-15(18-3)14(6-13)7-16/h4-6,11-12H,7-10,16H2,1-3H3/t11-,12+. The van der Waals surface area contributed by atoms with Crippen molar-refractivity contribution >= 4 is 0 Å². The van der Waals surface area contributed by atoms with Gasteiger partial charge in [-0.05, 0) is 31.5 Å². The predicted molar refractivity (Wildman–Crippen MR) is 76.2 cm³/mol. The van der Waals surface area contributed by atoms with Gasteiger partial charge in [0.1, 0.15) is 5.75 Å². The summed E-state index contributed by atoms with van der Waals surface area (Å²) in [5.74, 6) is 0.870. The Bertz CT molecular complexity index is 413. The van der Waals surface area contributed by atoms with E-state index in [1.165, 1.54) is 5.56 Å². The van der Waals surface area contributed by atoms with Gasteiger partial charge in [0.2, 0.25) is 0 Å². The summed E-state index contributed by atoms with van der Waals surface area (Å²) in [6.45, 7) is 7.66. The van der Waals surface area contributed by atoms with Gasteiger partial charge >= 0.3 is 0 Å². The summed E-state index contributed by atoms with van der Waals surface area (Å²) < 4.78 is 11.1. The molecule has 19 heavy (non-hydrogen) atoms. The molecule has 0 amide bonds. The quantitative estimate of drug-likeness (QED) is 0.900. The van der Waals surface area contributed by atoms with Crippen LogP contribution in [0.15, 0.2) is 18.2 Å². The second-order valence-electron chi connectivity index (χ2n) is 5.30. The van der Waals surface area contributed by atoms with E-state index in [-0.39, 0.29) is 0 Å². The molecule has 1 aliphatic heterocycles. The highest BCUT2D eigenvalue weighted by Gasteiger charge is 2.22. The molecule has 0 aromatic heterocycles. The van der Waals surface area contributed by atoms with Gasteiger partial charge in [0.05, 0.1) is 19.3 Å². The minimum Gasteiger partial charge on any atom is -0.496 e. The van der Waals surface area contributed by atoms with Gasteiger partial charge in [-0.15, -0.1) is 0 Å². The Labute approximate surface area is 115 Å². The zero-order valence-corrected chi connectivity index (χ0v) is 12.1. The smallest absolute Gasteiger partial charge is 0.123 e. The molecule has 2 atom stereocenters. The Hall–Kier alpha value is -1.10. The Kier molecular flexibility index (Phi) is 4.80. The van der Waals surface area contributed by atoms with Gasteiger partial charge in [-0.25, -0.2) is 0 Å². The number of ether oxygens (including phenoxy) is 2. The molecule has 1 saturated heterocycles. The van der Waals surface area contributed by atoms with Gasteiger partial charge < -0.3 is 15.2 Å².